The fourth-order valence-electron chi connectivity index (χ4n) is 2.81. The average Bonchev–Trinajstić information content (AvgIpc) is 3.12. The van der Waals surface area contributed by atoms with Crippen LogP contribution in [0.5, 0.6) is 0 Å². The molecule has 4 heteroatoms. The van der Waals surface area contributed by atoms with Crippen molar-refractivity contribution >= 4 is 23.2 Å². The van der Waals surface area contributed by atoms with Gasteiger partial charge in [-0.15, -0.1) is 0 Å². The van der Waals surface area contributed by atoms with Crippen molar-refractivity contribution in [2.75, 3.05) is 13.1 Å². The number of nitrogens with one attached hydrogen (secondary N) is 1. The van der Waals surface area contributed by atoms with Gasteiger partial charge in [-0.3, -0.25) is 4.90 Å². The average molecular weight is 299 g/mol. The molecular formula is C15H20Cl2N2. The first-order valence-corrected chi connectivity index (χ1v) is 7.89. The Morgan fingerprint density at radius 2 is 2.05 bits per heavy atom. The normalized spacial score (nSPS) is 24.0. The van der Waals surface area contributed by atoms with E-state index in [-0.39, 0.29) is 0 Å². The third-order valence-electron chi connectivity index (χ3n) is 4.10. The molecule has 1 unspecified atom stereocenters. The molecule has 0 aromatic heterocycles. The van der Waals surface area contributed by atoms with Gasteiger partial charge in [-0.25, -0.2) is 0 Å². The molecule has 0 bridgehead atoms. The Morgan fingerprint density at radius 1 is 1.21 bits per heavy atom. The van der Waals surface area contributed by atoms with Crippen molar-refractivity contribution in [3.63, 3.8) is 0 Å². The summed E-state index contributed by atoms with van der Waals surface area (Å²) in [6.45, 7) is 3.19. The van der Waals surface area contributed by atoms with Gasteiger partial charge < -0.3 is 5.32 Å². The number of rotatable bonds is 5. The third-order valence-corrected chi connectivity index (χ3v) is 4.70. The van der Waals surface area contributed by atoms with Crippen LogP contribution in [0, 0.1) is 0 Å². The second-order valence-corrected chi connectivity index (χ2v) is 6.53. The topological polar surface area (TPSA) is 15.3 Å². The molecule has 1 N–H and O–H groups in total. The molecule has 2 fully saturated rings. The van der Waals surface area contributed by atoms with Gasteiger partial charge in [0.2, 0.25) is 0 Å². The molecule has 1 aromatic carbocycles. The predicted octanol–water partition coefficient (Wildman–Crippen LogP) is 3.71. The minimum atomic E-state index is 0.649. The fourth-order valence-corrected chi connectivity index (χ4v) is 3.18. The van der Waals surface area contributed by atoms with E-state index in [1.165, 1.54) is 32.2 Å². The maximum Gasteiger partial charge on any atom is 0.0452 e. The van der Waals surface area contributed by atoms with Gasteiger partial charge >= 0.3 is 0 Å². The van der Waals surface area contributed by atoms with Gasteiger partial charge in [0.1, 0.15) is 0 Å². The summed E-state index contributed by atoms with van der Waals surface area (Å²) in [7, 11) is 0. The lowest BCUT2D eigenvalue weighted by Crippen LogP contribution is -2.38. The van der Waals surface area contributed by atoms with E-state index in [0.29, 0.717) is 6.04 Å². The van der Waals surface area contributed by atoms with E-state index in [2.05, 4.69) is 10.2 Å². The Hall–Kier alpha value is -0.280. The van der Waals surface area contributed by atoms with Crippen LogP contribution in [0.25, 0.3) is 0 Å². The standard InChI is InChI=1S/C15H20Cl2N2/c16-12-3-6-15(17)11(8-12)10-19-7-1-2-14(19)9-18-13-4-5-13/h3,6,8,13-14,18H,1-2,4-5,7,9-10H2. The maximum absolute atomic E-state index is 6.26. The number of hydrogen-bond donors (Lipinski definition) is 1. The first kappa shape index (κ1) is 13.7. The van der Waals surface area contributed by atoms with Crippen LogP contribution in [0.2, 0.25) is 10.0 Å². The zero-order chi connectivity index (χ0) is 13.2. The van der Waals surface area contributed by atoms with Gasteiger partial charge in [0, 0.05) is 35.2 Å². The van der Waals surface area contributed by atoms with Crippen molar-refractivity contribution in [1.29, 1.82) is 0 Å². The van der Waals surface area contributed by atoms with Crippen LogP contribution in [-0.2, 0) is 6.54 Å². The van der Waals surface area contributed by atoms with Crippen LogP contribution in [0.15, 0.2) is 18.2 Å². The van der Waals surface area contributed by atoms with Gasteiger partial charge in [0.25, 0.3) is 0 Å². The monoisotopic (exact) mass is 298 g/mol. The fraction of sp³-hybridized carbons (Fsp3) is 0.600. The molecule has 104 valence electrons. The highest BCUT2D eigenvalue weighted by molar-refractivity contribution is 6.33. The number of likely N-dealkylation sites (tertiary alicyclic amines) is 1. The lowest BCUT2D eigenvalue weighted by molar-refractivity contribution is 0.239. The molecule has 1 aromatic rings. The first-order valence-electron chi connectivity index (χ1n) is 7.14. The molecule has 2 aliphatic rings. The quantitative estimate of drug-likeness (QED) is 0.891. The number of benzene rings is 1. The molecule has 19 heavy (non-hydrogen) atoms. The van der Waals surface area contributed by atoms with Gasteiger partial charge in [0.15, 0.2) is 0 Å². The van der Waals surface area contributed by atoms with Gasteiger partial charge in [0.05, 0.1) is 0 Å². The largest absolute Gasteiger partial charge is 0.312 e. The van der Waals surface area contributed by atoms with Crippen LogP contribution in [0.4, 0.5) is 0 Å². The van der Waals surface area contributed by atoms with Crippen molar-refractivity contribution in [2.24, 2.45) is 0 Å². The Morgan fingerprint density at radius 3 is 2.84 bits per heavy atom. The van der Waals surface area contributed by atoms with Crippen LogP contribution < -0.4 is 5.32 Å². The molecule has 0 spiro atoms. The highest BCUT2D eigenvalue weighted by Gasteiger charge is 2.28. The highest BCUT2D eigenvalue weighted by Crippen LogP contribution is 2.26. The van der Waals surface area contributed by atoms with E-state index in [0.717, 1.165) is 34.7 Å². The van der Waals surface area contributed by atoms with Crippen molar-refractivity contribution in [1.82, 2.24) is 10.2 Å². The zero-order valence-corrected chi connectivity index (χ0v) is 12.6. The maximum atomic E-state index is 6.26. The second kappa shape index (κ2) is 6.01. The first-order chi connectivity index (χ1) is 9.22. The van der Waals surface area contributed by atoms with Crippen molar-refractivity contribution in [2.45, 2.75) is 44.3 Å². The van der Waals surface area contributed by atoms with E-state index in [1.54, 1.807) is 0 Å². The van der Waals surface area contributed by atoms with E-state index in [9.17, 15) is 0 Å². The summed E-state index contributed by atoms with van der Waals surface area (Å²) in [5.74, 6) is 0. The van der Waals surface area contributed by atoms with E-state index < -0.39 is 0 Å². The SMILES string of the molecule is Clc1ccc(Cl)c(CN2CCCC2CNC2CC2)c1. The summed E-state index contributed by atoms with van der Waals surface area (Å²) < 4.78 is 0. The van der Waals surface area contributed by atoms with Gasteiger partial charge in [-0.1, -0.05) is 23.2 Å². The lowest BCUT2D eigenvalue weighted by atomic mass is 10.1. The van der Waals surface area contributed by atoms with Gasteiger partial charge in [-0.2, -0.15) is 0 Å². The van der Waals surface area contributed by atoms with Crippen molar-refractivity contribution < 1.29 is 0 Å². The summed E-state index contributed by atoms with van der Waals surface area (Å²) in [4.78, 5) is 2.53. The van der Waals surface area contributed by atoms with Crippen LogP contribution in [0.1, 0.15) is 31.2 Å². The Labute approximate surface area is 125 Å². The number of hydrogen-bond acceptors (Lipinski definition) is 2. The molecule has 1 heterocycles. The Balaban J connectivity index is 1.61. The van der Waals surface area contributed by atoms with Crippen LogP contribution in [0.3, 0.4) is 0 Å². The summed E-state index contributed by atoms with van der Waals surface area (Å²) in [6.07, 6.45) is 5.28. The smallest absolute Gasteiger partial charge is 0.0452 e. The number of nitrogens with zero attached hydrogens (tertiary/aromatic N) is 1. The lowest BCUT2D eigenvalue weighted by Gasteiger charge is -2.25. The molecule has 0 amide bonds. The van der Waals surface area contributed by atoms with E-state index >= 15 is 0 Å². The van der Waals surface area contributed by atoms with Crippen molar-refractivity contribution in [3.8, 4) is 0 Å². The molecule has 3 rings (SSSR count). The third kappa shape index (κ3) is 3.63. The summed E-state index contributed by atoms with van der Waals surface area (Å²) >= 11 is 12.3. The highest BCUT2D eigenvalue weighted by atomic mass is 35.5. The molecule has 1 aliphatic carbocycles. The molecule has 0 radical (unpaired) electrons. The second-order valence-electron chi connectivity index (χ2n) is 5.68. The molecule has 2 nitrogen and oxygen atoms in total. The van der Waals surface area contributed by atoms with Crippen LogP contribution in [-0.4, -0.2) is 30.1 Å². The minimum absolute atomic E-state index is 0.649. The predicted molar refractivity (Wildman–Crippen MR) is 80.9 cm³/mol. The summed E-state index contributed by atoms with van der Waals surface area (Å²) in [5.41, 5.74) is 1.15. The van der Waals surface area contributed by atoms with Crippen molar-refractivity contribution in [3.05, 3.63) is 33.8 Å². The van der Waals surface area contributed by atoms with Gasteiger partial charge in [-0.05, 0) is 56.0 Å². The molecule has 1 atom stereocenters. The Bertz CT molecular complexity index is 446. The minimum Gasteiger partial charge on any atom is -0.312 e. The molecular weight excluding hydrogens is 279 g/mol. The summed E-state index contributed by atoms with van der Waals surface area (Å²) in [5, 5.41) is 5.23. The molecule has 1 saturated heterocycles. The van der Waals surface area contributed by atoms with E-state index in [4.69, 9.17) is 23.2 Å². The van der Waals surface area contributed by atoms with Crippen LogP contribution >= 0.6 is 23.2 Å². The Kier molecular flexibility index (Phi) is 4.33. The zero-order valence-electron chi connectivity index (χ0n) is 11.0. The van der Waals surface area contributed by atoms with E-state index in [1.807, 2.05) is 18.2 Å². The number of halogens is 2. The summed E-state index contributed by atoms with van der Waals surface area (Å²) in [6, 6.07) is 7.18. The molecule has 1 aliphatic heterocycles. The molecule has 1 saturated carbocycles.